The molecule has 1 aromatic rings. The summed E-state index contributed by atoms with van der Waals surface area (Å²) in [7, 11) is -1.61. The van der Waals surface area contributed by atoms with E-state index in [1.807, 2.05) is 0 Å². The molecular weight excluding hydrogens is 310 g/mol. The summed E-state index contributed by atoms with van der Waals surface area (Å²) in [5.41, 5.74) is 6.03. The Morgan fingerprint density at radius 3 is 2.76 bits per heavy atom. The number of ether oxygens (including phenoxy) is 1. The lowest BCUT2D eigenvalue weighted by atomic mass is 10.0. The van der Waals surface area contributed by atoms with Crippen molar-refractivity contribution in [1.29, 1.82) is 0 Å². The van der Waals surface area contributed by atoms with Gasteiger partial charge >= 0.3 is 0 Å². The molecule has 2 saturated carbocycles. The Kier molecular flexibility index (Phi) is 3.87. The van der Waals surface area contributed by atoms with Crippen molar-refractivity contribution < 1.29 is 13.2 Å². The summed E-state index contributed by atoms with van der Waals surface area (Å²) >= 11 is 1.14. The van der Waals surface area contributed by atoms with Crippen molar-refractivity contribution in [1.82, 2.24) is 4.37 Å². The zero-order chi connectivity index (χ0) is 15.1. The lowest BCUT2D eigenvalue weighted by Gasteiger charge is -2.16. The summed E-state index contributed by atoms with van der Waals surface area (Å²) in [6.45, 7) is 1.49. The number of rotatable bonds is 8. The van der Waals surface area contributed by atoms with Crippen molar-refractivity contribution >= 4 is 32.2 Å². The maximum Gasteiger partial charge on any atom is 0.187 e. The van der Waals surface area contributed by atoms with Crippen LogP contribution in [0.25, 0.3) is 0 Å². The van der Waals surface area contributed by atoms with E-state index < -0.39 is 9.84 Å². The Morgan fingerprint density at radius 2 is 2.19 bits per heavy atom. The molecule has 6 nitrogen and oxygen atoms in total. The number of anilines is 2. The number of sulfone groups is 1. The van der Waals surface area contributed by atoms with Gasteiger partial charge in [-0.25, -0.2) is 8.42 Å². The number of hydrogen-bond donors (Lipinski definition) is 2. The molecule has 21 heavy (non-hydrogen) atoms. The quantitative estimate of drug-likeness (QED) is 0.755. The minimum Gasteiger partial charge on any atom is -0.385 e. The molecule has 0 aromatic carbocycles. The van der Waals surface area contributed by atoms with Crippen LogP contribution in [-0.2, 0) is 14.6 Å². The predicted molar refractivity (Wildman–Crippen MR) is 83.4 cm³/mol. The van der Waals surface area contributed by atoms with E-state index in [0.29, 0.717) is 5.00 Å². The van der Waals surface area contributed by atoms with Crippen molar-refractivity contribution in [3.63, 3.8) is 0 Å². The summed E-state index contributed by atoms with van der Waals surface area (Å²) in [5.74, 6) is 0.135. The molecular formula is C13H21N3O3S2. The van der Waals surface area contributed by atoms with Gasteiger partial charge in [0, 0.05) is 20.3 Å². The zero-order valence-corrected chi connectivity index (χ0v) is 13.7. The molecule has 1 heterocycles. The second kappa shape index (κ2) is 5.40. The maximum atomic E-state index is 12.4. The molecule has 0 unspecified atom stereocenters. The second-order valence-electron chi connectivity index (χ2n) is 6.07. The monoisotopic (exact) mass is 331 g/mol. The fourth-order valence-electron chi connectivity index (χ4n) is 2.50. The first-order chi connectivity index (χ1) is 9.98. The third-order valence-corrected chi connectivity index (χ3v) is 7.62. The van der Waals surface area contributed by atoms with Gasteiger partial charge in [0.05, 0.1) is 5.25 Å². The molecule has 8 heteroatoms. The number of nitrogens with zero attached hydrogens (tertiary/aromatic N) is 1. The van der Waals surface area contributed by atoms with E-state index in [4.69, 9.17) is 10.5 Å². The highest BCUT2D eigenvalue weighted by Gasteiger charge is 2.44. The Balaban J connectivity index is 1.72. The van der Waals surface area contributed by atoms with Crippen molar-refractivity contribution in [2.24, 2.45) is 5.41 Å². The predicted octanol–water partition coefficient (Wildman–Crippen LogP) is 1.89. The first-order valence-corrected chi connectivity index (χ1v) is 9.52. The van der Waals surface area contributed by atoms with Crippen LogP contribution < -0.4 is 11.1 Å². The average molecular weight is 331 g/mol. The Hall–Kier alpha value is -0.860. The Morgan fingerprint density at radius 1 is 1.48 bits per heavy atom. The molecule has 0 radical (unpaired) electrons. The number of aromatic nitrogens is 1. The van der Waals surface area contributed by atoms with Gasteiger partial charge in [0.15, 0.2) is 15.7 Å². The van der Waals surface area contributed by atoms with Gasteiger partial charge in [0.2, 0.25) is 0 Å². The van der Waals surface area contributed by atoms with Gasteiger partial charge in [-0.3, -0.25) is 0 Å². The number of nitrogens with two attached hydrogens (primary N) is 1. The summed E-state index contributed by atoms with van der Waals surface area (Å²) in [5, 5.41) is 3.61. The zero-order valence-electron chi connectivity index (χ0n) is 12.1. The van der Waals surface area contributed by atoms with Crippen molar-refractivity contribution in [3.05, 3.63) is 0 Å². The number of nitrogen functional groups attached to an aromatic ring is 1. The summed E-state index contributed by atoms with van der Waals surface area (Å²) in [6, 6.07) is 0. The summed E-state index contributed by atoms with van der Waals surface area (Å²) in [4.78, 5) is 0.220. The molecule has 3 N–H and O–H groups in total. The van der Waals surface area contributed by atoms with Gasteiger partial charge in [-0.1, -0.05) is 0 Å². The van der Waals surface area contributed by atoms with E-state index in [9.17, 15) is 8.42 Å². The van der Waals surface area contributed by atoms with E-state index in [0.717, 1.165) is 56.8 Å². The fourth-order valence-corrected chi connectivity index (χ4v) is 5.39. The van der Waals surface area contributed by atoms with Crippen LogP contribution in [-0.4, -0.2) is 38.3 Å². The largest absolute Gasteiger partial charge is 0.385 e. The van der Waals surface area contributed by atoms with Crippen LogP contribution in [0, 0.1) is 5.41 Å². The van der Waals surface area contributed by atoms with E-state index in [2.05, 4.69) is 9.69 Å². The number of hydrogen-bond acceptors (Lipinski definition) is 7. The van der Waals surface area contributed by atoms with E-state index in [1.54, 1.807) is 7.11 Å². The number of nitrogens with one attached hydrogen (secondary N) is 1. The molecule has 2 aliphatic rings. The Labute approximate surface area is 129 Å². The van der Waals surface area contributed by atoms with Crippen LogP contribution in [0.4, 0.5) is 10.8 Å². The molecule has 0 atom stereocenters. The van der Waals surface area contributed by atoms with Crippen molar-refractivity contribution in [2.45, 2.75) is 42.2 Å². The maximum absolute atomic E-state index is 12.4. The van der Waals surface area contributed by atoms with Crippen LogP contribution in [0.3, 0.4) is 0 Å². The van der Waals surface area contributed by atoms with E-state index in [-0.39, 0.29) is 21.4 Å². The van der Waals surface area contributed by atoms with Crippen LogP contribution in [0.5, 0.6) is 0 Å². The SMILES string of the molecule is COCCC1(CNc2snc(N)c2S(=O)(=O)C2CC2)CC1. The van der Waals surface area contributed by atoms with Crippen molar-refractivity contribution in [3.8, 4) is 0 Å². The van der Waals surface area contributed by atoms with E-state index >= 15 is 0 Å². The highest BCUT2D eigenvalue weighted by Crippen LogP contribution is 2.49. The first kappa shape index (κ1) is 15.1. The number of methoxy groups -OCH3 is 1. The normalized spacial score (nSPS) is 20.4. The molecule has 0 spiro atoms. The van der Waals surface area contributed by atoms with Gasteiger partial charge in [0.25, 0.3) is 0 Å². The van der Waals surface area contributed by atoms with Crippen LogP contribution in [0.1, 0.15) is 32.1 Å². The molecule has 0 saturated heterocycles. The van der Waals surface area contributed by atoms with Crippen molar-refractivity contribution in [2.75, 3.05) is 31.3 Å². The first-order valence-electron chi connectivity index (χ1n) is 7.20. The summed E-state index contributed by atoms with van der Waals surface area (Å²) < 4.78 is 34.0. The van der Waals surface area contributed by atoms with Crippen LogP contribution >= 0.6 is 11.5 Å². The van der Waals surface area contributed by atoms with Gasteiger partial charge in [-0.15, -0.1) is 0 Å². The Bertz CT molecular complexity index is 619. The summed E-state index contributed by atoms with van der Waals surface area (Å²) in [6.07, 6.45) is 4.77. The third kappa shape index (κ3) is 3.02. The molecule has 118 valence electrons. The van der Waals surface area contributed by atoms with E-state index in [1.165, 1.54) is 0 Å². The lowest BCUT2D eigenvalue weighted by Crippen LogP contribution is -2.18. The lowest BCUT2D eigenvalue weighted by molar-refractivity contribution is 0.175. The topological polar surface area (TPSA) is 94.3 Å². The third-order valence-electron chi connectivity index (χ3n) is 4.34. The van der Waals surface area contributed by atoms with Gasteiger partial charge in [-0.05, 0) is 49.1 Å². The standard InChI is InChI=1S/C13H21N3O3S2/c1-19-7-6-13(4-5-13)8-15-12-10(11(14)16-20-12)21(17,18)9-2-3-9/h9,15H,2-8H2,1H3,(H2,14,16). The van der Waals surface area contributed by atoms with Gasteiger partial charge in [0.1, 0.15) is 9.90 Å². The molecule has 0 amide bonds. The smallest absolute Gasteiger partial charge is 0.187 e. The molecule has 0 bridgehead atoms. The van der Waals surface area contributed by atoms with Gasteiger partial charge in [-0.2, -0.15) is 4.37 Å². The molecule has 2 aliphatic carbocycles. The molecule has 0 aliphatic heterocycles. The molecule has 2 fully saturated rings. The van der Waals surface area contributed by atoms with Crippen LogP contribution in [0.15, 0.2) is 4.90 Å². The van der Waals surface area contributed by atoms with Gasteiger partial charge < -0.3 is 15.8 Å². The molecule has 3 rings (SSSR count). The minimum absolute atomic E-state index is 0.135. The van der Waals surface area contributed by atoms with Crippen LogP contribution in [0.2, 0.25) is 0 Å². The average Bonchev–Trinajstić information content (AvgIpc) is 3.34. The molecule has 1 aromatic heterocycles. The fraction of sp³-hybridized carbons (Fsp3) is 0.769. The second-order valence-corrected chi connectivity index (χ2v) is 9.01. The highest BCUT2D eigenvalue weighted by atomic mass is 32.2. The highest BCUT2D eigenvalue weighted by molar-refractivity contribution is 7.92. The minimum atomic E-state index is -3.31.